The van der Waals surface area contributed by atoms with Crippen LogP contribution in [0.25, 0.3) is 0 Å². The molecule has 2 aliphatic heterocycles. The van der Waals surface area contributed by atoms with Gasteiger partial charge >= 0.3 is 5.97 Å². The van der Waals surface area contributed by atoms with Crippen LogP contribution in [0.3, 0.4) is 0 Å². The molecule has 156 valence electrons. The average molecular weight is 402 g/mol. The fourth-order valence-electron chi connectivity index (χ4n) is 3.52. The lowest BCUT2D eigenvalue weighted by Crippen LogP contribution is -2.48. The van der Waals surface area contributed by atoms with Gasteiger partial charge in [-0.3, -0.25) is 19.2 Å². The molecule has 0 aliphatic carbocycles. The minimum absolute atomic E-state index is 0.0748. The normalized spacial score (nSPS) is 23.4. The number of amides is 2. The Bertz CT molecular complexity index is 766. The zero-order valence-electron chi connectivity index (χ0n) is 16.7. The molecule has 1 aromatic rings. The first kappa shape index (κ1) is 21.0. The fourth-order valence-corrected chi connectivity index (χ4v) is 3.52. The van der Waals surface area contributed by atoms with E-state index in [1.807, 2.05) is 42.5 Å². The van der Waals surface area contributed by atoms with Gasteiger partial charge in [-0.1, -0.05) is 42.5 Å². The highest BCUT2D eigenvalue weighted by Crippen LogP contribution is 2.28. The molecule has 0 saturated carbocycles. The summed E-state index contributed by atoms with van der Waals surface area (Å²) in [6, 6.07) is 9.45. The predicted octanol–water partition coefficient (Wildman–Crippen LogP) is 1.31. The lowest BCUT2D eigenvalue weighted by Gasteiger charge is -2.33. The Labute approximate surface area is 170 Å². The van der Waals surface area contributed by atoms with E-state index in [1.54, 1.807) is 6.92 Å². The van der Waals surface area contributed by atoms with Crippen LogP contribution < -0.4 is 0 Å². The number of rotatable bonds is 7. The SMILES string of the molecule is CCOC(=O)CN1CC2C=CC(O2)C(C(=O)N(Cc2ccccc2)OC)CC1=O. The molecule has 2 bridgehead atoms. The van der Waals surface area contributed by atoms with Crippen molar-refractivity contribution in [3.63, 3.8) is 0 Å². The van der Waals surface area contributed by atoms with Gasteiger partial charge < -0.3 is 14.4 Å². The van der Waals surface area contributed by atoms with E-state index in [4.69, 9.17) is 14.3 Å². The number of carbonyl (C=O) groups excluding carboxylic acids is 3. The van der Waals surface area contributed by atoms with Crippen LogP contribution in [-0.4, -0.2) is 66.8 Å². The Morgan fingerprint density at radius 3 is 2.69 bits per heavy atom. The molecule has 8 nitrogen and oxygen atoms in total. The molecule has 2 aliphatic rings. The Morgan fingerprint density at radius 1 is 1.24 bits per heavy atom. The predicted molar refractivity (Wildman–Crippen MR) is 103 cm³/mol. The first-order valence-corrected chi connectivity index (χ1v) is 9.68. The van der Waals surface area contributed by atoms with Gasteiger partial charge in [0.05, 0.1) is 44.9 Å². The van der Waals surface area contributed by atoms with Gasteiger partial charge in [-0.25, -0.2) is 5.06 Å². The van der Waals surface area contributed by atoms with Crippen molar-refractivity contribution in [2.45, 2.75) is 32.1 Å². The molecule has 1 aromatic carbocycles. The van der Waals surface area contributed by atoms with Crippen molar-refractivity contribution in [3.05, 3.63) is 48.0 Å². The Kier molecular flexibility index (Phi) is 7.00. The summed E-state index contributed by atoms with van der Waals surface area (Å²) < 4.78 is 10.9. The zero-order valence-corrected chi connectivity index (χ0v) is 16.7. The van der Waals surface area contributed by atoms with Crippen LogP contribution in [0.1, 0.15) is 18.9 Å². The molecular weight excluding hydrogens is 376 g/mol. The van der Waals surface area contributed by atoms with E-state index in [-0.39, 0.29) is 50.6 Å². The van der Waals surface area contributed by atoms with Gasteiger partial charge in [-0.05, 0) is 12.5 Å². The van der Waals surface area contributed by atoms with Crippen LogP contribution in [0.15, 0.2) is 42.5 Å². The quantitative estimate of drug-likeness (QED) is 0.388. The molecule has 2 heterocycles. The number of fused-ring (bicyclic) bond motifs is 2. The summed E-state index contributed by atoms with van der Waals surface area (Å²) >= 11 is 0. The summed E-state index contributed by atoms with van der Waals surface area (Å²) in [6.45, 7) is 2.30. The third kappa shape index (κ3) is 5.21. The monoisotopic (exact) mass is 402 g/mol. The van der Waals surface area contributed by atoms with E-state index in [0.717, 1.165) is 5.56 Å². The minimum atomic E-state index is -0.739. The fraction of sp³-hybridized carbons (Fsp3) is 0.476. The first-order valence-electron chi connectivity index (χ1n) is 9.68. The van der Waals surface area contributed by atoms with E-state index < -0.39 is 18.0 Å². The molecule has 0 spiro atoms. The van der Waals surface area contributed by atoms with Crippen molar-refractivity contribution in [3.8, 4) is 0 Å². The molecule has 3 rings (SSSR count). The van der Waals surface area contributed by atoms with Crippen LogP contribution in [0.5, 0.6) is 0 Å². The smallest absolute Gasteiger partial charge is 0.325 e. The number of hydrogen-bond donors (Lipinski definition) is 0. The zero-order chi connectivity index (χ0) is 20.8. The molecule has 0 radical (unpaired) electrons. The Balaban J connectivity index is 1.75. The van der Waals surface area contributed by atoms with Gasteiger partial charge in [-0.15, -0.1) is 0 Å². The minimum Gasteiger partial charge on any atom is -0.465 e. The van der Waals surface area contributed by atoms with E-state index in [0.29, 0.717) is 0 Å². The molecule has 1 saturated heterocycles. The molecule has 0 N–H and O–H groups in total. The maximum Gasteiger partial charge on any atom is 0.325 e. The number of carbonyl (C=O) groups is 3. The molecule has 8 heteroatoms. The molecular formula is C21H26N2O6. The molecule has 2 amide bonds. The molecule has 29 heavy (non-hydrogen) atoms. The van der Waals surface area contributed by atoms with Crippen molar-refractivity contribution >= 4 is 17.8 Å². The number of hydroxylamine groups is 2. The molecule has 3 atom stereocenters. The Hall–Kier alpha value is -2.71. The van der Waals surface area contributed by atoms with Crippen LogP contribution >= 0.6 is 0 Å². The lowest BCUT2D eigenvalue weighted by atomic mass is 9.96. The molecule has 3 unspecified atom stereocenters. The maximum absolute atomic E-state index is 13.2. The van der Waals surface area contributed by atoms with Crippen molar-refractivity contribution in [2.75, 3.05) is 26.8 Å². The third-order valence-electron chi connectivity index (χ3n) is 4.97. The van der Waals surface area contributed by atoms with Gasteiger partial charge in [0, 0.05) is 6.42 Å². The van der Waals surface area contributed by atoms with Crippen LogP contribution in [0.2, 0.25) is 0 Å². The van der Waals surface area contributed by atoms with Gasteiger partial charge in [0.2, 0.25) is 5.91 Å². The summed E-state index contributed by atoms with van der Waals surface area (Å²) in [7, 11) is 1.42. The van der Waals surface area contributed by atoms with Gasteiger partial charge in [0.25, 0.3) is 5.91 Å². The lowest BCUT2D eigenvalue weighted by molar-refractivity contribution is -0.190. The van der Waals surface area contributed by atoms with E-state index in [2.05, 4.69) is 0 Å². The van der Waals surface area contributed by atoms with Crippen LogP contribution in [0, 0.1) is 5.92 Å². The highest BCUT2D eigenvalue weighted by molar-refractivity contribution is 5.88. The van der Waals surface area contributed by atoms with Gasteiger partial charge in [0.1, 0.15) is 6.54 Å². The summed E-state index contributed by atoms with van der Waals surface area (Å²) in [5, 5.41) is 1.25. The van der Waals surface area contributed by atoms with Crippen LogP contribution in [0.4, 0.5) is 0 Å². The number of ether oxygens (including phenoxy) is 2. The topological polar surface area (TPSA) is 85.4 Å². The number of esters is 1. The number of benzene rings is 1. The molecule has 0 aromatic heterocycles. The summed E-state index contributed by atoms with van der Waals surface area (Å²) in [5.74, 6) is -1.84. The highest BCUT2D eigenvalue weighted by Gasteiger charge is 2.41. The van der Waals surface area contributed by atoms with E-state index in [9.17, 15) is 14.4 Å². The second kappa shape index (κ2) is 9.67. The standard InChI is InChI=1S/C21H26N2O6/c1-3-28-20(25)14-22-13-16-9-10-18(29-16)17(11-19(22)24)21(26)23(27-2)12-15-7-5-4-6-8-15/h4-10,16-18H,3,11-14H2,1-2H3. The highest BCUT2D eigenvalue weighted by atomic mass is 16.7. The summed E-state index contributed by atoms with van der Waals surface area (Å²) in [5.41, 5.74) is 0.907. The van der Waals surface area contributed by atoms with Crippen LogP contribution in [-0.2, 0) is 35.2 Å². The van der Waals surface area contributed by atoms with Crippen molar-refractivity contribution in [1.82, 2.24) is 9.96 Å². The largest absolute Gasteiger partial charge is 0.465 e. The molecule has 1 fully saturated rings. The second-order valence-corrected chi connectivity index (χ2v) is 6.96. The van der Waals surface area contributed by atoms with Gasteiger partial charge in [0.15, 0.2) is 0 Å². The second-order valence-electron chi connectivity index (χ2n) is 6.96. The summed E-state index contributed by atoms with van der Waals surface area (Å²) in [4.78, 5) is 44.6. The van der Waals surface area contributed by atoms with E-state index >= 15 is 0 Å². The van der Waals surface area contributed by atoms with Gasteiger partial charge in [-0.2, -0.15) is 0 Å². The maximum atomic E-state index is 13.2. The van der Waals surface area contributed by atoms with E-state index in [1.165, 1.54) is 17.1 Å². The Morgan fingerprint density at radius 2 is 2.00 bits per heavy atom. The summed E-state index contributed by atoms with van der Waals surface area (Å²) in [6.07, 6.45) is 2.70. The third-order valence-corrected chi connectivity index (χ3v) is 4.97. The number of hydrogen-bond acceptors (Lipinski definition) is 6. The first-order chi connectivity index (χ1) is 14.0. The number of nitrogens with zero attached hydrogens (tertiary/aromatic N) is 2. The van der Waals surface area contributed by atoms with Crippen molar-refractivity contribution in [1.29, 1.82) is 0 Å². The van der Waals surface area contributed by atoms with Crippen molar-refractivity contribution < 1.29 is 28.7 Å². The average Bonchev–Trinajstić information content (AvgIpc) is 3.19. The van der Waals surface area contributed by atoms with Crippen molar-refractivity contribution in [2.24, 2.45) is 5.92 Å².